The second-order valence-corrected chi connectivity index (χ2v) is 8.68. The summed E-state index contributed by atoms with van der Waals surface area (Å²) in [5, 5.41) is 0. The number of carbonyl (C=O) groups is 1. The van der Waals surface area contributed by atoms with E-state index in [0.717, 1.165) is 12.8 Å². The lowest BCUT2D eigenvalue weighted by Gasteiger charge is -2.37. The number of fused-ring (bicyclic) bond motifs is 2. The van der Waals surface area contributed by atoms with E-state index < -0.39 is 15.4 Å². The molecule has 1 unspecified atom stereocenters. The Morgan fingerprint density at radius 1 is 1.32 bits per heavy atom. The van der Waals surface area contributed by atoms with Crippen molar-refractivity contribution < 1.29 is 13.2 Å². The van der Waals surface area contributed by atoms with Crippen molar-refractivity contribution in [3.63, 3.8) is 0 Å². The zero-order valence-corrected chi connectivity index (χ0v) is 12.4. The Balaban J connectivity index is 1.92. The average molecular weight is 283 g/mol. The molecule has 0 aromatic rings. The fraction of sp³-hybridized carbons (Fsp3) is 0.786. The van der Waals surface area contributed by atoms with Gasteiger partial charge in [0, 0.05) is 24.9 Å². The highest BCUT2D eigenvalue weighted by Gasteiger charge is 2.65. The number of ketones is 1. The molecule has 2 fully saturated rings. The molecule has 0 aromatic carbocycles. The third kappa shape index (κ3) is 1.67. The fourth-order valence-corrected chi connectivity index (χ4v) is 6.31. The minimum atomic E-state index is -3.34. The number of nitrogens with zero attached hydrogens (tertiary/aromatic N) is 1. The van der Waals surface area contributed by atoms with E-state index in [1.54, 1.807) is 0 Å². The Hall–Kier alpha value is -0.680. The average Bonchev–Trinajstić information content (AvgIpc) is 2.95. The number of rotatable bonds is 3. The van der Waals surface area contributed by atoms with E-state index in [9.17, 15) is 13.2 Å². The highest BCUT2D eigenvalue weighted by Crippen LogP contribution is 2.64. The number of hydrogen-bond acceptors (Lipinski definition) is 3. The van der Waals surface area contributed by atoms with Gasteiger partial charge >= 0.3 is 0 Å². The maximum Gasteiger partial charge on any atom is 0.215 e. The Morgan fingerprint density at radius 2 is 1.95 bits per heavy atom. The Bertz CT molecular complexity index is 541. The van der Waals surface area contributed by atoms with E-state index in [1.807, 2.05) is 12.2 Å². The summed E-state index contributed by atoms with van der Waals surface area (Å²) in [4.78, 5) is 12.4. The number of Topliss-reactive ketones (excluding diaryl/α,β-unsaturated/α-hetero) is 1. The SMILES string of the molecule is CC1(C)C2CC[C@@]1(CS(=O)(=O)N1CC=CC1)C(=O)C2. The van der Waals surface area contributed by atoms with Crippen LogP contribution < -0.4 is 0 Å². The zero-order chi connectivity index (χ0) is 13.9. The van der Waals surface area contributed by atoms with Gasteiger partial charge in [0.05, 0.1) is 5.75 Å². The largest absolute Gasteiger partial charge is 0.299 e. The summed E-state index contributed by atoms with van der Waals surface area (Å²) < 4.78 is 26.6. The molecule has 3 rings (SSSR count). The monoisotopic (exact) mass is 283 g/mol. The maximum atomic E-state index is 12.5. The molecule has 2 saturated carbocycles. The first kappa shape index (κ1) is 13.3. The van der Waals surface area contributed by atoms with Crippen molar-refractivity contribution >= 4 is 15.8 Å². The van der Waals surface area contributed by atoms with E-state index >= 15 is 0 Å². The van der Waals surface area contributed by atoms with Gasteiger partial charge in [0.25, 0.3) is 0 Å². The Labute approximate surface area is 114 Å². The van der Waals surface area contributed by atoms with Gasteiger partial charge in [-0.15, -0.1) is 0 Å². The van der Waals surface area contributed by atoms with E-state index in [0.29, 0.717) is 25.4 Å². The van der Waals surface area contributed by atoms with Crippen molar-refractivity contribution in [1.29, 1.82) is 0 Å². The molecule has 2 bridgehead atoms. The molecule has 5 heteroatoms. The molecule has 2 atom stereocenters. The first-order valence-electron chi connectivity index (χ1n) is 6.96. The van der Waals surface area contributed by atoms with Gasteiger partial charge in [-0.05, 0) is 24.2 Å². The van der Waals surface area contributed by atoms with Crippen LogP contribution in [0.4, 0.5) is 0 Å². The molecular weight excluding hydrogens is 262 g/mol. The van der Waals surface area contributed by atoms with E-state index in [4.69, 9.17) is 0 Å². The van der Waals surface area contributed by atoms with Gasteiger partial charge in [0.1, 0.15) is 5.78 Å². The Morgan fingerprint density at radius 3 is 2.42 bits per heavy atom. The highest BCUT2D eigenvalue weighted by atomic mass is 32.2. The van der Waals surface area contributed by atoms with Gasteiger partial charge in [-0.3, -0.25) is 4.79 Å². The molecule has 0 amide bonds. The molecule has 4 nitrogen and oxygen atoms in total. The topological polar surface area (TPSA) is 54.5 Å². The van der Waals surface area contributed by atoms with Gasteiger partial charge in [-0.1, -0.05) is 26.0 Å². The van der Waals surface area contributed by atoms with Gasteiger partial charge in [-0.25, -0.2) is 8.42 Å². The summed E-state index contributed by atoms with van der Waals surface area (Å²) in [5.41, 5.74) is -0.816. The van der Waals surface area contributed by atoms with Crippen molar-refractivity contribution in [3.8, 4) is 0 Å². The lowest BCUT2D eigenvalue weighted by molar-refractivity contribution is -0.128. The smallest absolute Gasteiger partial charge is 0.215 e. The third-order valence-electron chi connectivity index (χ3n) is 5.75. The minimum Gasteiger partial charge on any atom is -0.299 e. The van der Waals surface area contributed by atoms with Crippen LogP contribution in [0.15, 0.2) is 12.2 Å². The van der Waals surface area contributed by atoms with Crippen LogP contribution in [-0.2, 0) is 14.8 Å². The molecular formula is C14H21NO3S. The molecule has 0 saturated heterocycles. The molecule has 1 aliphatic heterocycles. The summed E-state index contributed by atoms with van der Waals surface area (Å²) in [6.07, 6.45) is 6.04. The molecule has 19 heavy (non-hydrogen) atoms. The van der Waals surface area contributed by atoms with E-state index in [2.05, 4.69) is 13.8 Å². The first-order chi connectivity index (χ1) is 8.80. The van der Waals surface area contributed by atoms with Crippen LogP contribution in [0.1, 0.15) is 33.1 Å². The summed E-state index contributed by atoms with van der Waals surface area (Å²) in [6, 6.07) is 0. The van der Waals surface area contributed by atoms with Crippen LogP contribution in [0.25, 0.3) is 0 Å². The maximum absolute atomic E-state index is 12.5. The Kier molecular flexibility index (Phi) is 2.74. The second kappa shape index (κ2) is 3.92. The highest BCUT2D eigenvalue weighted by molar-refractivity contribution is 7.89. The summed E-state index contributed by atoms with van der Waals surface area (Å²) in [6.45, 7) is 5.06. The van der Waals surface area contributed by atoms with E-state index in [-0.39, 0.29) is 17.0 Å². The zero-order valence-electron chi connectivity index (χ0n) is 11.6. The molecule has 0 spiro atoms. The van der Waals surface area contributed by atoms with Crippen LogP contribution in [-0.4, -0.2) is 37.3 Å². The molecule has 106 valence electrons. The lowest BCUT2D eigenvalue weighted by Crippen LogP contribution is -2.46. The second-order valence-electron chi connectivity index (χ2n) is 6.71. The lowest BCUT2D eigenvalue weighted by atomic mass is 9.70. The van der Waals surface area contributed by atoms with Crippen molar-refractivity contribution in [2.45, 2.75) is 33.1 Å². The van der Waals surface area contributed by atoms with Gasteiger partial charge in [0.15, 0.2) is 0 Å². The quantitative estimate of drug-likeness (QED) is 0.739. The van der Waals surface area contributed by atoms with Gasteiger partial charge in [-0.2, -0.15) is 4.31 Å². The first-order valence-corrected chi connectivity index (χ1v) is 8.57. The minimum absolute atomic E-state index is 0.00398. The van der Waals surface area contributed by atoms with Crippen LogP contribution in [0, 0.1) is 16.7 Å². The molecule has 0 aromatic heterocycles. The third-order valence-corrected chi connectivity index (χ3v) is 7.69. The summed E-state index contributed by atoms with van der Waals surface area (Å²) in [5.74, 6) is 0.542. The molecule has 0 N–H and O–H groups in total. The van der Waals surface area contributed by atoms with Crippen molar-refractivity contribution in [3.05, 3.63) is 12.2 Å². The van der Waals surface area contributed by atoms with Gasteiger partial charge < -0.3 is 0 Å². The molecule has 2 aliphatic carbocycles. The predicted molar refractivity (Wildman–Crippen MR) is 73.1 cm³/mol. The molecule has 0 radical (unpaired) electrons. The van der Waals surface area contributed by atoms with Gasteiger partial charge in [0.2, 0.25) is 10.0 Å². The van der Waals surface area contributed by atoms with Crippen molar-refractivity contribution in [2.24, 2.45) is 16.7 Å². The number of carbonyl (C=O) groups excluding carboxylic acids is 1. The molecule has 3 aliphatic rings. The van der Waals surface area contributed by atoms with Crippen LogP contribution in [0.3, 0.4) is 0 Å². The van der Waals surface area contributed by atoms with E-state index in [1.165, 1.54) is 4.31 Å². The number of sulfonamides is 1. The van der Waals surface area contributed by atoms with Crippen LogP contribution in [0.5, 0.6) is 0 Å². The summed E-state index contributed by atoms with van der Waals surface area (Å²) in [7, 11) is -3.34. The van der Waals surface area contributed by atoms with Crippen LogP contribution >= 0.6 is 0 Å². The van der Waals surface area contributed by atoms with Crippen LogP contribution in [0.2, 0.25) is 0 Å². The normalized spacial score (nSPS) is 37.4. The summed E-state index contributed by atoms with van der Waals surface area (Å²) >= 11 is 0. The molecule has 1 heterocycles. The fourth-order valence-electron chi connectivity index (χ4n) is 4.20. The predicted octanol–water partition coefficient (Wildman–Crippen LogP) is 1.58. The number of hydrogen-bond donors (Lipinski definition) is 0. The standard InChI is InChI=1S/C14H21NO3S/c1-13(2)11-5-6-14(13,12(16)9-11)10-19(17,18)15-7-3-4-8-15/h3-4,11H,5-10H2,1-2H3/t11?,14-/m1/s1. The van der Waals surface area contributed by atoms with Crippen molar-refractivity contribution in [1.82, 2.24) is 4.31 Å². The van der Waals surface area contributed by atoms with Crippen molar-refractivity contribution in [2.75, 3.05) is 18.8 Å².